The quantitative estimate of drug-likeness (QED) is 0.561. The number of hydrogen-bond donors (Lipinski definition) is 0. The predicted octanol–water partition coefficient (Wildman–Crippen LogP) is 4.34. The fourth-order valence-corrected chi connectivity index (χ4v) is 5.91. The second-order valence-electron chi connectivity index (χ2n) is 7.79. The number of anilines is 1. The summed E-state index contributed by atoms with van der Waals surface area (Å²) in [7, 11) is 0.704. The molecule has 0 bridgehead atoms. The third kappa shape index (κ3) is 5.36. The zero-order valence-electron chi connectivity index (χ0n) is 18.6. The number of hydrogen-bond acceptors (Lipinski definition) is 5. The lowest BCUT2D eigenvalue weighted by molar-refractivity contribution is -0.119. The number of methoxy groups -OCH3 is 2. The number of likely N-dealkylation sites (N-methyl/N-ethyl adjacent to an activating group) is 1. The van der Waals surface area contributed by atoms with E-state index in [2.05, 4.69) is 0 Å². The van der Waals surface area contributed by atoms with Crippen LogP contribution < -0.4 is 14.4 Å². The zero-order valence-corrected chi connectivity index (χ0v) is 20.2. The second kappa shape index (κ2) is 10.6. The van der Waals surface area contributed by atoms with Crippen LogP contribution in [0.5, 0.6) is 11.5 Å². The second-order valence-corrected chi connectivity index (χ2v) is 10.1. The molecular formula is C23H29ClN2O5S. The van der Waals surface area contributed by atoms with Crippen molar-refractivity contribution >= 4 is 33.2 Å². The fourth-order valence-electron chi connectivity index (χ4n) is 3.92. The van der Waals surface area contributed by atoms with Gasteiger partial charge in [0.1, 0.15) is 11.5 Å². The van der Waals surface area contributed by atoms with Gasteiger partial charge in [-0.15, -0.1) is 0 Å². The van der Waals surface area contributed by atoms with Crippen LogP contribution in [0.15, 0.2) is 47.4 Å². The highest BCUT2D eigenvalue weighted by molar-refractivity contribution is 7.89. The SMILES string of the molecule is COc1cccc(N(C)C(=O)CN(C2CCCCC2)S(=O)(=O)c2ccc(OC)c(Cl)c2)c1. The molecule has 0 aromatic heterocycles. The molecule has 0 unspecified atom stereocenters. The van der Waals surface area contributed by atoms with E-state index < -0.39 is 10.0 Å². The number of rotatable bonds is 8. The summed E-state index contributed by atoms with van der Waals surface area (Å²) in [5, 5.41) is 0.206. The Bertz CT molecular complexity index is 1050. The molecule has 9 heteroatoms. The molecule has 32 heavy (non-hydrogen) atoms. The van der Waals surface area contributed by atoms with Crippen molar-refractivity contribution in [1.82, 2.24) is 4.31 Å². The molecule has 0 atom stereocenters. The summed E-state index contributed by atoms with van der Waals surface area (Å²) in [5.41, 5.74) is 0.628. The molecule has 1 aliphatic rings. The minimum atomic E-state index is -3.95. The van der Waals surface area contributed by atoms with E-state index in [1.165, 1.54) is 34.5 Å². The third-order valence-corrected chi connectivity index (χ3v) is 8.01. The number of amides is 1. The summed E-state index contributed by atoms with van der Waals surface area (Å²) in [6.45, 7) is -0.260. The van der Waals surface area contributed by atoms with Gasteiger partial charge in [0.15, 0.2) is 0 Å². The third-order valence-electron chi connectivity index (χ3n) is 5.82. The first-order valence-electron chi connectivity index (χ1n) is 10.5. The lowest BCUT2D eigenvalue weighted by Gasteiger charge is -2.34. The molecule has 1 amide bonds. The molecule has 2 aromatic rings. The molecule has 0 heterocycles. The highest BCUT2D eigenvalue weighted by atomic mass is 35.5. The Balaban J connectivity index is 1.91. The van der Waals surface area contributed by atoms with Crippen molar-refractivity contribution in [3.05, 3.63) is 47.5 Å². The van der Waals surface area contributed by atoms with E-state index in [0.29, 0.717) is 17.2 Å². The van der Waals surface area contributed by atoms with Crippen molar-refractivity contribution in [2.75, 3.05) is 32.7 Å². The van der Waals surface area contributed by atoms with Crippen molar-refractivity contribution in [3.63, 3.8) is 0 Å². The van der Waals surface area contributed by atoms with E-state index in [1.54, 1.807) is 38.4 Å². The lowest BCUT2D eigenvalue weighted by Crippen LogP contribution is -2.47. The van der Waals surface area contributed by atoms with Crippen molar-refractivity contribution < 1.29 is 22.7 Å². The van der Waals surface area contributed by atoms with Crippen molar-refractivity contribution in [2.24, 2.45) is 0 Å². The highest BCUT2D eigenvalue weighted by Gasteiger charge is 2.35. The summed E-state index contributed by atoms with van der Waals surface area (Å²) >= 11 is 6.20. The van der Waals surface area contributed by atoms with E-state index >= 15 is 0 Å². The van der Waals surface area contributed by atoms with Gasteiger partial charge in [0.2, 0.25) is 15.9 Å². The van der Waals surface area contributed by atoms with Gasteiger partial charge in [-0.2, -0.15) is 4.31 Å². The Morgan fingerprint density at radius 2 is 1.78 bits per heavy atom. The number of ether oxygens (including phenoxy) is 2. The van der Waals surface area contributed by atoms with Crippen LogP contribution >= 0.6 is 11.6 Å². The smallest absolute Gasteiger partial charge is 0.243 e. The Hall–Kier alpha value is -2.29. The van der Waals surface area contributed by atoms with Gasteiger partial charge in [0.25, 0.3) is 0 Å². The summed E-state index contributed by atoms with van der Waals surface area (Å²) in [6.07, 6.45) is 4.37. The minimum Gasteiger partial charge on any atom is -0.497 e. The normalized spacial score (nSPS) is 14.9. The Morgan fingerprint density at radius 1 is 1.06 bits per heavy atom. The van der Waals surface area contributed by atoms with Crippen LogP contribution in [0.25, 0.3) is 0 Å². The number of halogens is 1. The van der Waals surface area contributed by atoms with Crippen LogP contribution in [0.2, 0.25) is 5.02 Å². The maximum atomic E-state index is 13.6. The fraction of sp³-hybridized carbons (Fsp3) is 0.435. The number of benzene rings is 2. The minimum absolute atomic E-state index is 0.0470. The molecule has 1 aliphatic carbocycles. The van der Waals surface area contributed by atoms with E-state index in [4.69, 9.17) is 21.1 Å². The predicted molar refractivity (Wildman–Crippen MR) is 125 cm³/mol. The Labute approximate surface area is 194 Å². The number of carbonyl (C=O) groups excluding carboxylic acids is 1. The molecule has 0 saturated heterocycles. The van der Waals surface area contributed by atoms with Crippen molar-refractivity contribution in [2.45, 2.75) is 43.0 Å². The summed E-state index contributed by atoms with van der Waals surface area (Å²) in [4.78, 5) is 14.7. The molecule has 0 aliphatic heterocycles. The molecule has 0 N–H and O–H groups in total. The highest BCUT2D eigenvalue weighted by Crippen LogP contribution is 2.32. The zero-order chi connectivity index (χ0) is 23.3. The molecule has 0 spiro atoms. The number of carbonyl (C=O) groups is 1. The summed E-state index contributed by atoms with van der Waals surface area (Å²) in [6, 6.07) is 11.2. The average molecular weight is 481 g/mol. The molecular weight excluding hydrogens is 452 g/mol. The van der Waals surface area contributed by atoms with Crippen molar-refractivity contribution in [3.8, 4) is 11.5 Å². The largest absolute Gasteiger partial charge is 0.497 e. The van der Waals surface area contributed by atoms with Gasteiger partial charge in [-0.3, -0.25) is 4.79 Å². The topological polar surface area (TPSA) is 76.2 Å². The van der Waals surface area contributed by atoms with Crippen LogP contribution in [-0.4, -0.2) is 52.5 Å². The van der Waals surface area contributed by atoms with Crippen molar-refractivity contribution in [1.29, 1.82) is 0 Å². The van der Waals surface area contributed by atoms with Gasteiger partial charge >= 0.3 is 0 Å². The molecule has 1 fully saturated rings. The van der Waals surface area contributed by atoms with Gasteiger partial charge < -0.3 is 14.4 Å². The van der Waals surface area contributed by atoms with Gasteiger partial charge in [-0.25, -0.2) is 8.42 Å². The maximum Gasteiger partial charge on any atom is 0.243 e. The summed E-state index contributed by atoms with van der Waals surface area (Å²) < 4.78 is 38.9. The molecule has 7 nitrogen and oxygen atoms in total. The van der Waals surface area contributed by atoms with Gasteiger partial charge in [0, 0.05) is 24.8 Å². The van der Waals surface area contributed by atoms with E-state index in [-0.39, 0.29) is 28.4 Å². The molecule has 3 rings (SSSR count). The van der Waals surface area contributed by atoms with Crippen LogP contribution in [0.4, 0.5) is 5.69 Å². The maximum absolute atomic E-state index is 13.6. The monoisotopic (exact) mass is 480 g/mol. The number of sulfonamides is 1. The molecule has 2 aromatic carbocycles. The molecule has 174 valence electrons. The van der Waals surface area contributed by atoms with E-state index in [1.807, 2.05) is 0 Å². The van der Waals surface area contributed by atoms with E-state index in [0.717, 1.165) is 32.1 Å². The van der Waals surface area contributed by atoms with E-state index in [9.17, 15) is 13.2 Å². The Morgan fingerprint density at radius 3 is 2.41 bits per heavy atom. The van der Waals surface area contributed by atoms with Gasteiger partial charge in [-0.1, -0.05) is 36.9 Å². The number of nitrogens with zero attached hydrogens (tertiary/aromatic N) is 2. The molecule has 1 saturated carbocycles. The first kappa shape index (κ1) is 24.4. The van der Waals surface area contributed by atoms with Crippen LogP contribution in [-0.2, 0) is 14.8 Å². The Kier molecular flexibility index (Phi) is 8.03. The van der Waals surface area contributed by atoms with Crippen LogP contribution in [0, 0.1) is 0 Å². The molecule has 0 radical (unpaired) electrons. The first-order chi connectivity index (χ1) is 15.3. The standard InChI is InChI=1S/C23H29ClN2O5S/c1-25(18-10-7-11-19(14-18)30-2)23(27)16-26(17-8-5-4-6-9-17)32(28,29)20-12-13-22(31-3)21(24)15-20/h7,10-15,17H,4-6,8-9,16H2,1-3H3. The first-order valence-corrected chi connectivity index (χ1v) is 12.4. The summed E-state index contributed by atoms with van der Waals surface area (Å²) in [5.74, 6) is 0.683. The lowest BCUT2D eigenvalue weighted by atomic mass is 9.95. The van der Waals surface area contributed by atoms with Gasteiger partial charge in [-0.05, 0) is 43.2 Å². The van der Waals surface area contributed by atoms with Crippen LogP contribution in [0.1, 0.15) is 32.1 Å². The average Bonchev–Trinajstić information content (AvgIpc) is 2.82. The van der Waals surface area contributed by atoms with Crippen LogP contribution in [0.3, 0.4) is 0 Å². The van der Waals surface area contributed by atoms with Gasteiger partial charge in [0.05, 0.1) is 30.7 Å².